The Kier molecular flexibility index (Phi) is 7.78. The molecule has 6 nitrogen and oxygen atoms in total. The van der Waals surface area contributed by atoms with Crippen molar-refractivity contribution in [3.05, 3.63) is 30.3 Å². The molecule has 1 saturated heterocycles. The maximum atomic E-state index is 9.94. The van der Waals surface area contributed by atoms with Gasteiger partial charge in [0.25, 0.3) is 0 Å². The van der Waals surface area contributed by atoms with E-state index in [1.54, 1.807) is 11.8 Å². The summed E-state index contributed by atoms with van der Waals surface area (Å²) in [6.07, 6.45) is -4.21. The van der Waals surface area contributed by atoms with Crippen LogP contribution < -0.4 is 5.32 Å². The fourth-order valence-electron chi connectivity index (χ4n) is 2.43. The number of methoxy groups -OCH3 is 1. The lowest BCUT2D eigenvalue weighted by Gasteiger charge is -2.39. The summed E-state index contributed by atoms with van der Waals surface area (Å²) in [5, 5.41) is 32.6. The zero-order valence-electron chi connectivity index (χ0n) is 13.2. The summed E-state index contributed by atoms with van der Waals surface area (Å²) in [6.45, 7) is 1.17. The molecule has 0 aliphatic carbocycles. The Balaban J connectivity index is 1.63. The van der Waals surface area contributed by atoms with Crippen LogP contribution in [0, 0.1) is 0 Å². The summed E-state index contributed by atoms with van der Waals surface area (Å²) in [5.41, 5.74) is 0. The molecule has 1 fully saturated rings. The number of hydrogen-bond acceptors (Lipinski definition) is 7. The molecule has 130 valence electrons. The number of hydrogen-bond donors (Lipinski definition) is 4. The van der Waals surface area contributed by atoms with Gasteiger partial charge in [0.2, 0.25) is 0 Å². The zero-order chi connectivity index (χ0) is 16.7. The minimum Gasteiger partial charge on any atom is -0.388 e. The first-order valence-electron chi connectivity index (χ1n) is 7.74. The smallest absolute Gasteiger partial charge is 0.186 e. The van der Waals surface area contributed by atoms with Gasteiger partial charge in [-0.05, 0) is 30.9 Å². The number of nitrogens with one attached hydrogen (secondary N) is 1. The van der Waals surface area contributed by atoms with E-state index < -0.39 is 30.7 Å². The Hall–Kier alpha value is -0.670. The maximum absolute atomic E-state index is 9.94. The lowest BCUT2D eigenvalue weighted by atomic mass is 9.99. The average molecular weight is 343 g/mol. The molecule has 0 spiro atoms. The van der Waals surface area contributed by atoms with E-state index in [9.17, 15) is 15.3 Å². The van der Waals surface area contributed by atoms with Gasteiger partial charge >= 0.3 is 0 Å². The summed E-state index contributed by atoms with van der Waals surface area (Å²) in [7, 11) is 1.39. The molecule has 0 unspecified atom stereocenters. The van der Waals surface area contributed by atoms with Crippen molar-refractivity contribution in [2.75, 3.05) is 26.0 Å². The topological polar surface area (TPSA) is 91.2 Å². The average Bonchev–Trinajstić information content (AvgIpc) is 2.58. The summed E-state index contributed by atoms with van der Waals surface area (Å²) in [5.74, 6) is 0.993. The first-order valence-corrected chi connectivity index (χ1v) is 8.73. The van der Waals surface area contributed by atoms with Crippen molar-refractivity contribution in [2.45, 2.75) is 42.0 Å². The van der Waals surface area contributed by atoms with E-state index in [2.05, 4.69) is 17.4 Å². The van der Waals surface area contributed by atoms with Gasteiger partial charge in [0, 0.05) is 18.6 Å². The van der Waals surface area contributed by atoms with Crippen LogP contribution in [-0.2, 0) is 9.47 Å². The van der Waals surface area contributed by atoms with Crippen LogP contribution in [0.3, 0.4) is 0 Å². The van der Waals surface area contributed by atoms with Crippen LogP contribution in [-0.4, -0.2) is 72.0 Å². The van der Waals surface area contributed by atoms with Crippen LogP contribution in [0.25, 0.3) is 0 Å². The SMILES string of the molecule is CO[C@H]1O[C@H](CNCCCSc2ccccc2)[C@@H](O)[C@H](O)[C@H]1O. The Labute approximate surface area is 140 Å². The fraction of sp³-hybridized carbons (Fsp3) is 0.625. The van der Waals surface area contributed by atoms with Crippen molar-refractivity contribution >= 4 is 11.8 Å². The van der Waals surface area contributed by atoms with Crippen LogP contribution in [0.2, 0.25) is 0 Å². The second-order valence-electron chi connectivity index (χ2n) is 5.47. The van der Waals surface area contributed by atoms with Gasteiger partial charge in [0.15, 0.2) is 6.29 Å². The monoisotopic (exact) mass is 343 g/mol. The third-order valence-corrected chi connectivity index (χ3v) is 4.85. The van der Waals surface area contributed by atoms with E-state index in [-0.39, 0.29) is 0 Å². The van der Waals surface area contributed by atoms with Gasteiger partial charge in [-0.15, -0.1) is 11.8 Å². The molecule has 23 heavy (non-hydrogen) atoms. The van der Waals surface area contributed by atoms with Crippen molar-refractivity contribution in [2.24, 2.45) is 0 Å². The van der Waals surface area contributed by atoms with Gasteiger partial charge in [-0.1, -0.05) is 18.2 Å². The molecule has 1 heterocycles. The van der Waals surface area contributed by atoms with Gasteiger partial charge in [0.1, 0.15) is 24.4 Å². The highest BCUT2D eigenvalue weighted by molar-refractivity contribution is 7.99. The second kappa shape index (κ2) is 9.58. The van der Waals surface area contributed by atoms with Gasteiger partial charge in [-0.25, -0.2) is 0 Å². The van der Waals surface area contributed by atoms with Crippen LogP contribution in [0.15, 0.2) is 35.2 Å². The zero-order valence-corrected chi connectivity index (χ0v) is 14.0. The first-order chi connectivity index (χ1) is 11.1. The Morgan fingerprint density at radius 1 is 1.13 bits per heavy atom. The first kappa shape index (κ1) is 18.7. The van der Waals surface area contributed by atoms with Gasteiger partial charge in [0.05, 0.1) is 0 Å². The third-order valence-electron chi connectivity index (χ3n) is 3.76. The fourth-order valence-corrected chi connectivity index (χ4v) is 3.30. The standard InChI is InChI=1S/C16H25NO5S/c1-21-16-15(20)14(19)13(18)12(22-16)10-17-8-5-9-23-11-6-3-2-4-7-11/h2-4,6-7,12-20H,5,8-10H2,1H3/t12-,13-,14+,15-,16+/m1/s1. The number of aliphatic hydroxyl groups is 3. The number of ether oxygens (including phenoxy) is 2. The minimum atomic E-state index is -1.27. The summed E-state index contributed by atoms with van der Waals surface area (Å²) >= 11 is 1.80. The van der Waals surface area contributed by atoms with Crippen molar-refractivity contribution in [1.29, 1.82) is 0 Å². The van der Waals surface area contributed by atoms with Crippen molar-refractivity contribution in [1.82, 2.24) is 5.32 Å². The molecule has 5 atom stereocenters. The normalized spacial score (nSPS) is 31.2. The summed E-state index contributed by atoms with van der Waals surface area (Å²) in [6, 6.07) is 10.2. The van der Waals surface area contributed by atoms with E-state index in [1.807, 2.05) is 18.2 Å². The molecule has 0 saturated carbocycles. The molecule has 7 heteroatoms. The summed E-state index contributed by atoms with van der Waals surface area (Å²) in [4.78, 5) is 1.25. The molecule has 1 aliphatic heterocycles. The van der Waals surface area contributed by atoms with Crippen molar-refractivity contribution in [3.63, 3.8) is 0 Å². The van der Waals surface area contributed by atoms with Crippen LogP contribution in [0.1, 0.15) is 6.42 Å². The maximum Gasteiger partial charge on any atom is 0.186 e. The lowest BCUT2D eigenvalue weighted by molar-refractivity contribution is -0.288. The number of rotatable bonds is 8. The van der Waals surface area contributed by atoms with Crippen LogP contribution >= 0.6 is 11.8 Å². The molecule has 2 rings (SSSR count). The molecular weight excluding hydrogens is 318 g/mol. The molecule has 1 aromatic carbocycles. The predicted molar refractivity (Wildman–Crippen MR) is 88.3 cm³/mol. The van der Waals surface area contributed by atoms with E-state index in [0.717, 1.165) is 18.7 Å². The van der Waals surface area contributed by atoms with E-state index in [1.165, 1.54) is 12.0 Å². The second-order valence-corrected chi connectivity index (χ2v) is 6.64. The Bertz CT molecular complexity index is 447. The highest BCUT2D eigenvalue weighted by Gasteiger charge is 2.43. The quantitative estimate of drug-likeness (QED) is 0.396. The molecule has 0 aromatic heterocycles. The molecule has 1 aliphatic rings. The van der Waals surface area contributed by atoms with Crippen molar-refractivity contribution < 1.29 is 24.8 Å². The van der Waals surface area contributed by atoms with Gasteiger partial charge in [-0.3, -0.25) is 0 Å². The number of thioether (sulfide) groups is 1. The number of aliphatic hydroxyl groups excluding tert-OH is 3. The highest BCUT2D eigenvalue weighted by atomic mass is 32.2. The van der Waals surface area contributed by atoms with E-state index >= 15 is 0 Å². The highest BCUT2D eigenvalue weighted by Crippen LogP contribution is 2.21. The van der Waals surface area contributed by atoms with Gasteiger partial charge < -0.3 is 30.1 Å². The van der Waals surface area contributed by atoms with Crippen LogP contribution in [0.5, 0.6) is 0 Å². The Morgan fingerprint density at radius 2 is 1.87 bits per heavy atom. The molecule has 4 N–H and O–H groups in total. The van der Waals surface area contributed by atoms with Crippen molar-refractivity contribution in [3.8, 4) is 0 Å². The van der Waals surface area contributed by atoms with Gasteiger partial charge in [-0.2, -0.15) is 0 Å². The number of benzene rings is 1. The van der Waals surface area contributed by atoms with E-state index in [4.69, 9.17) is 9.47 Å². The molecule has 1 aromatic rings. The largest absolute Gasteiger partial charge is 0.388 e. The molecular formula is C16H25NO5S. The lowest BCUT2D eigenvalue weighted by Crippen LogP contribution is -2.60. The van der Waals surface area contributed by atoms with E-state index in [0.29, 0.717) is 6.54 Å². The summed E-state index contributed by atoms with van der Waals surface area (Å²) < 4.78 is 10.4. The Morgan fingerprint density at radius 3 is 2.57 bits per heavy atom. The molecule has 0 amide bonds. The molecule has 0 bridgehead atoms. The minimum absolute atomic E-state index is 0.390. The van der Waals surface area contributed by atoms with Crippen LogP contribution in [0.4, 0.5) is 0 Å². The molecule has 0 radical (unpaired) electrons. The third kappa shape index (κ3) is 5.42. The predicted octanol–water partition coefficient (Wildman–Crippen LogP) is 0.212.